The summed E-state index contributed by atoms with van der Waals surface area (Å²) in [7, 11) is 1.64. The van der Waals surface area contributed by atoms with E-state index in [9.17, 15) is 9.18 Å². The average Bonchev–Trinajstić information content (AvgIpc) is 2.72. The van der Waals surface area contributed by atoms with Crippen LogP contribution in [-0.2, 0) is 9.63 Å². The van der Waals surface area contributed by atoms with Crippen molar-refractivity contribution in [1.29, 1.82) is 0 Å². The minimum atomic E-state index is -0.308. The summed E-state index contributed by atoms with van der Waals surface area (Å²) in [4.78, 5) is 21.3. The molecule has 2 aromatic carbocycles. The van der Waals surface area contributed by atoms with E-state index in [1.807, 2.05) is 24.3 Å². The largest absolute Gasteiger partial charge is 0.497 e. The molecule has 0 spiro atoms. The third-order valence-electron chi connectivity index (χ3n) is 4.40. The molecule has 2 aromatic rings. The number of methoxy groups -OCH3 is 1. The molecule has 0 aromatic heterocycles. The van der Waals surface area contributed by atoms with Gasteiger partial charge >= 0.3 is 0 Å². The van der Waals surface area contributed by atoms with Crippen LogP contribution in [0.1, 0.15) is 5.56 Å². The highest BCUT2D eigenvalue weighted by molar-refractivity contribution is 5.80. The maximum atomic E-state index is 12.8. The van der Waals surface area contributed by atoms with Crippen LogP contribution >= 0.6 is 0 Å². The normalized spacial score (nSPS) is 14.4. The molecule has 7 heteroatoms. The Labute approximate surface area is 157 Å². The Bertz CT molecular complexity index is 770. The number of amides is 1. The fourth-order valence-corrected chi connectivity index (χ4v) is 2.84. The third kappa shape index (κ3) is 5.20. The first-order valence-corrected chi connectivity index (χ1v) is 8.73. The number of nitrogens with zero attached hydrogens (tertiary/aromatic N) is 3. The van der Waals surface area contributed by atoms with Gasteiger partial charge in [0.15, 0.2) is 6.61 Å². The Kier molecular flexibility index (Phi) is 6.25. The van der Waals surface area contributed by atoms with Crippen molar-refractivity contribution in [2.24, 2.45) is 5.16 Å². The van der Waals surface area contributed by atoms with E-state index in [2.05, 4.69) is 10.1 Å². The molecule has 1 aliphatic rings. The van der Waals surface area contributed by atoms with Crippen molar-refractivity contribution in [2.75, 3.05) is 44.8 Å². The SMILES string of the molecule is COc1ccc(N2CCN(C(=O)CO/N=C/c3ccc(F)cc3)CC2)cc1. The van der Waals surface area contributed by atoms with E-state index < -0.39 is 0 Å². The lowest BCUT2D eigenvalue weighted by molar-refractivity contribution is -0.136. The molecule has 1 amide bonds. The van der Waals surface area contributed by atoms with E-state index in [-0.39, 0.29) is 18.3 Å². The van der Waals surface area contributed by atoms with Crippen molar-refractivity contribution in [3.8, 4) is 5.75 Å². The van der Waals surface area contributed by atoms with E-state index in [0.717, 1.165) is 24.5 Å². The van der Waals surface area contributed by atoms with Crippen LogP contribution in [0.4, 0.5) is 10.1 Å². The Morgan fingerprint density at radius 3 is 2.37 bits per heavy atom. The maximum Gasteiger partial charge on any atom is 0.263 e. The molecule has 1 aliphatic heterocycles. The van der Waals surface area contributed by atoms with Gasteiger partial charge in [-0.3, -0.25) is 4.79 Å². The number of oxime groups is 1. The van der Waals surface area contributed by atoms with E-state index in [1.54, 1.807) is 24.1 Å². The Morgan fingerprint density at radius 2 is 1.74 bits per heavy atom. The summed E-state index contributed by atoms with van der Waals surface area (Å²) in [6.07, 6.45) is 1.45. The fourth-order valence-electron chi connectivity index (χ4n) is 2.84. The van der Waals surface area contributed by atoms with Gasteiger partial charge in [-0.2, -0.15) is 0 Å². The van der Waals surface area contributed by atoms with Gasteiger partial charge in [-0.25, -0.2) is 4.39 Å². The van der Waals surface area contributed by atoms with Gasteiger partial charge in [0, 0.05) is 31.9 Å². The second kappa shape index (κ2) is 9.02. The fraction of sp³-hybridized carbons (Fsp3) is 0.300. The number of benzene rings is 2. The Balaban J connectivity index is 1.42. The van der Waals surface area contributed by atoms with Crippen LogP contribution in [0.5, 0.6) is 5.75 Å². The zero-order valence-corrected chi connectivity index (χ0v) is 15.2. The summed E-state index contributed by atoms with van der Waals surface area (Å²) < 4.78 is 18.0. The summed E-state index contributed by atoms with van der Waals surface area (Å²) in [5.74, 6) is 0.420. The highest BCUT2D eigenvalue weighted by Crippen LogP contribution is 2.20. The minimum Gasteiger partial charge on any atom is -0.497 e. The van der Waals surface area contributed by atoms with Gasteiger partial charge in [0.1, 0.15) is 11.6 Å². The monoisotopic (exact) mass is 371 g/mol. The van der Waals surface area contributed by atoms with Crippen LogP contribution in [0.2, 0.25) is 0 Å². The van der Waals surface area contributed by atoms with Gasteiger partial charge in [0.05, 0.1) is 13.3 Å². The number of ether oxygens (including phenoxy) is 1. The summed E-state index contributed by atoms with van der Waals surface area (Å²) in [6, 6.07) is 13.8. The van der Waals surface area contributed by atoms with Gasteiger partial charge < -0.3 is 19.4 Å². The molecule has 0 radical (unpaired) electrons. The topological polar surface area (TPSA) is 54.4 Å². The van der Waals surface area contributed by atoms with Crippen molar-refractivity contribution in [1.82, 2.24) is 4.90 Å². The number of hydrogen-bond acceptors (Lipinski definition) is 5. The van der Waals surface area contributed by atoms with E-state index >= 15 is 0 Å². The molecule has 1 heterocycles. The number of piperazine rings is 1. The highest BCUT2D eigenvalue weighted by Gasteiger charge is 2.21. The summed E-state index contributed by atoms with van der Waals surface area (Å²) >= 11 is 0. The first-order valence-electron chi connectivity index (χ1n) is 8.73. The van der Waals surface area contributed by atoms with Gasteiger partial charge in [0.25, 0.3) is 5.91 Å². The molecule has 142 valence electrons. The first kappa shape index (κ1) is 18.7. The van der Waals surface area contributed by atoms with Crippen molar-refractivity contribution >= 4 is 17.8 Å². The lowest BCUT2D eigenvalue weighted by Gasteiger charge is -2.35. The van der Waals surface area contributed by atoms with Crippen molar-refractivity contribution in [3.05, 3.63) is 59.9 Å². The van der Waals surface area contributed by atoms with Crippen LogP contribution in [0.15, 0.2) is 53.7 Å². The third-order valence-corrected chi connectivity index (χ3v) is 4.40. The van der Waals surface area contributed by atoms with Crippen molar-refractivity contribution in [2.45, 2.75) is 0 Å². The van der Waals surface area contributed by atoms with Crippen LogP contribution < -0.4 is 9.64 Å². The molecule has 6 nitrogen and oxygen atoms in total. The van der Waals surface area contributed by atoms with Gasteiger partial charge in [-0.05, 0) is 42.0 Å². The number of rotatable bonds is 6. The summed E-state index contributed by atoms with van der Waals surface area (Å²) in [6.45, 7) is 2.68. The van der Waals surface area contributed by atoms with E-state index in [1.165, 1.54) is 18.3 Å². The van der Waals surface area contributed by atoms with E-state index in [4.69, 9.17) is 9.57 Å². The second-order valence-electron chi connectivity index (χ2n) is 6.13. The van der Waals surface area contributed by atoms with Crippen molar-refractivity contribution < 1.29 is 18.8 Å². The first-order chi connectivity index (χ1) is 13.2. The van der Waals surface area contributed by atoms with Gasteiger partial charge in [-0.1, -0.05) is 17.3 Å². The number of anilines is 1. The predicted octanol–water partition coefficient (Wildman–Crippen LogP) is 2.53. The molecule has 0 aliphatic carbocycles. The van der Waals surface area contributed by atoms with Crippen LogP contribution in [0.25, 0.3) is 0 Å². The molecule has 0 atom stereocenters. The molecular formula is C20H22FN3O3. The van der Waals surface area contributed by atoms with Crippen LogP contribution in [-0.4, -0.2) is 56.9 Å². The number of halogens is 1. The standard InChI is InChI=1S/C20H22FN3O3/c1-26-19-8-6-18(7-9-19)23-10-12-24(13-11-23)20(25)15-27-22-14-16-2-4-17(21)5-3-16/h2-9,14H,10-13,15H2,1H3/b22-14+. The molecule has 0 N–H and O–H groups in total. The van der Waals surface area contributed by atoms with E-state index in [0.29, 0.717) is 18.7 Å². The van der Waals surface area contributed by atoms with Crippen molar-refractivity contribution in [3.63, 3.8) is 0 Å². The molecule has 1 saturated heterocycles. The molecule has 0 bridgehead atoms. The lowest BCUT2D eigenvalue weighted by Crippen LogP contribution is -2.49. The summed E-state index contributed by atoms with van der Waals surface area (Å²) in [5, 5.41) is 3.77. The zero-order valence-electron chi connectivity index (χ0n) is 15.2. The van der Waals surface area contributed by atoms with Gasteiger partial charge in [-0.15, -0.1) is 0 Å². The molecule has 3 rings (SSSR count). The quantitative estimate of drug-likeness (QED) is 0.578. The second-order valence-corrected chi connectivity index (χ2v) is 6.13. The molecule has 0 unspecified atom stereocenters. The van der Waals surface area contributed by atoms with Crippen LogP contribution in [0, 0.1) is 5.82 Å². The van der Waals surface area contributed by atoms with Crippen LogP contribution in [0.3, 0.4) is 0 Å². The summed E-state index contributed by atoms with van der Waals surface area (Å²) in [5.41, 5.74) is 1.82. The molecule has 1 fully saturated rings. The number of hydrogen-bond donors (Lipinski definition) is 0. The molecule has 27 heavy (non-hydrogen) atoms. The highest BCUT2D eigenvalue weighted by atomic mass is 19.1. The maximum absolute atomic E-state index is 12.8. The smallest absolute Gasteiger partial charge is 0.263 e. The van der Waals surface area contributed by atoms with Gasteiger partial charge in [0.2, 0.25) is 0 Å². The minimum absolute atomic E-state index is 0.0966. The number of carbonyl (C=O) groups is 1. The average molecular weight is 371 g/mol. The molecular weight excluding hydrogens is 349 g/mol. The molecule has 0 saturated carbocycles. The zero-order chi connectivity index (χ0) is 19.1. The Morgan fingerprint density at radius 1 is 1.07 bits per heavy atom. The lowest BCUT2D eigenvalue weighted by atomic mass is 10.2. The predicted molar refractivity (Wildman–Crippen MR) is 102 cm³/mol. The number of carbonyl (C=O) groups excluding carboxylic acids is 1. The Hall–Kier alpha value is -3.09.